The molecule has 0 fully saturated rings. The van der Waals surface area contributed by atoms with Crippen molar-refractivity contribution in [1.29, 1.82) is 0 Å². The zero-order chi connectivity index (χ0) is 11.5. The van der Waals surface area contributed by atoms with E-state index in [1.807, 2.05) is 6.21 Å². The highest BCUT2D eigenvalue weighted by atomic mass is 15.4. The summed E-state index contributed by atoms with van der Waals surface area (Å²) in [5, 5.41) is 11.8. The van der Waals surface area contributed by atoms with E-state index in [2.05, 4.69) is 42.1 Å². The molecule has 0 saturated heterocycles. The van der Waals surface area contributed by atoms with Crippen molar-refractivity contribution in [3.05, 3.63) is 24.3 Å². The Morgan fingerprint density at radius 2 is 2.06 bits per heavy atom. The van der Waals surface area contributed by atoms with Gasteiger partial charge in [0.1, 0.15) is 12.7 Å². The Morgan fingerprint density at radius 3 is 2.69 bits per heavy atom. The van der Waals surface area contributed by atoms with Crippen molar-refractivity contribution in [3.8, 4) is 0 Å². The molecule has 0 radical (unpaired) electrons. The molecule has 1 aliphatic carbocycles. The van der Waals surface area contributed by atoms with E-state index in [0.717, 1.165) is 0 Å². The van der Waals surface area contributed by atoms with Crippen LogP contribution in [0.25, 0.3) is 0 Å². The molecular weight excluding hydrogens is 200 g/mol. The third kappa shape index (κ3) is 2.38. The van der Waals surface area contributed by atoms with Gasteiger partial charge in [-0.2, -0.15) is 5.10 Å². The molecule has 1 aliphatic rings. The van der Waals surface area contributed by atoms with Gasteiger partial charge >= 0.3 is 0 Å². The summed E-state index contributed by atoms with van der Waals surface area (Å²) in [6.45, 7) is 6.75. The van der Waals surface area contributed by atoms with Crippen molar-refractivity contribution in [2.75, 3.05) is 0 Å². The minimum absolute atomic E-state index is 0.506. The van der Waals surface area contributed by atoms with Crippen LogP contribution in [-0.4, -0.2) is 21.1 Å². The smallest absolute Gasteiger partial charge is 0.141 e. The Morgan fingerprint density at radius 1 is 1.38 bits per heavy atom. The van der Waals surface area contributed by atoms with E-state index in [9.17, 15) is 0 Å². The van der Waals surface area contributed by atoms with Crippen molar-refractivity contribution in [1.82, 2.24) is 14.9 Å². The first-order valence-corrected chi connectivity index (χ1v) is 5.73. The minimum atomic E-state index is 0.506. The molecule has 0 saturated carbocycles. The molecule has 0 aliphatic heterocycles. The summed E-state index contributed by atoms with van der Waals surface area (Å²) in [5.41, 5.74) is 1.49. The van der Waals surface area contributed by atoms with E-state index in [1.54, 1.807) is 17.3 Å². The summed E-state index contributed by atoms with van der Waals surface area (Å²) in [5.74, 6) is 1.72. The Bertz CT molecular complexity index is 391. The second-order valence-corrected chi connectivity index (χ2v) is 4.74. The number of hydrogen-bond donors (Lipinski definition) is 0. The summed E-state index contributed by atoms with van der Waals surface area (Å²) >= 11 is 0. The molecule has 0 spiro atoms. The van der Waals surface area contributed by atoms with Gasteiger partial charge in [-0.1, -0.05) is 25.5 Å². The first-order chi connectivity index (χ1) is 7.66. The van der Waals surface area contributed by atoms with Crippen LogP contribution in [0.15, 0.2) is 29.4 Å². The number of hydrogen-bond acceptors (Lipinski definition) is 3. The van der Waals surface area contributed by atoms with Gasteiger partial charge in [-0.05, 0) is 25.2 Å². The lowest BCUT2D eigenvalue weighted by molar-refractivity contribution is 0.361. The second kappa shape index (κ2) is 4.60. The van der Waals surface area contributed by atoms with Gasteiger partial charge in [0.25, 0.3) is 0 Å². The predicted octanol–water partition coefficient (Wildman–Crippen LogP) is 2.35. The Hall–Kier alpha value is -1.45. The average molecular weight is 218 g/mol. The maximum atomic E-state index is 4.35. The van der Waals surface area contributed by atoms with Crippen molar-refractivity contribution >= 4 is 6.21 Å². The third-order valence-corrected chi connectivity index (χ3v) is 3.23. The van der Waals surface area contributed by atoms with Crippen molar-refractivity contribution in [3.63, 3.8) is 0 Å². The van der Waals surface area contributed by atoms with Crippen molar-refractivity contribution < 1.29 is 0 Å². The summed E-state index contributed by atoms with van der Waals surface area (Å²) < 4.78 is 1.64. The molecule has 0 aromatic carbocycles. The van der Waals surface area contributed by atoms with Gasteiger partial charge in [-0.15, -0.1) is 10.2 Å². The first kappa shape index (κ1) is 11.0. The van der Waals surface area contributed by atoms with E-state index < -0.39 is 0 Å². The van der Waals surface area contributed by atoms with Crippen LogP contribution in [0.5, 0.6) is 0 Å². The van der Waals surface area contributed by atoms with E-state index in [1.165, 1.54) is 12.0 Å². The average Bonchev–Trinajstić information content (AvgIpc) is 2.68. The maximum absolute atomic E-state index is 4.35. The first-order valence-electron chi connectivity index (χ1n) is 5.73. The van der Waals surface area contributed by atoms with Gasteiger partial charge in [0, 0.05) is 12.1 Å². The highest BCUT2D eigenvalue weighted by Crippen LogP contribution is 2.32. The second-order valence-electron chi connectivity index (χ2n) is 4.74. The van der Waals surface area contributed by atoms with Crippen LogP contribution >= 0.6 is 0 Å². The normalized spacial score (nSPS) is 30.7. The van der Waals surface area contributed by atoms with Crippen LogP contribution in [0, 0.1) is 17.8 Å². The molecule has 0 bridgehead atoms. The van der Waals surface area contributed by atoms with Crippen molar-refractivity contribution in [2.45, 2.75) is 27.2 Å². The van der Waals surface area contributed by atoms with Gasteiger partial charge in [-0.25, -0.2) is 4.68 Å². The standard InChI is InChI=1S/C12H18N4/c1-9-4-10(2)12(11(3)5-9)6-15-16-7-13-14-8-16/h4,6-8,10-12H,5H2,1-3H3/t10-,11-,12+/m1/s1. The zero-order valence-corrected chi connectivity index (χ0v) is 10.0. The van der Waals surface area contributed by atoms with Crippen LogP contribution in [0.1, 0.15) is 27.2 Å². The highest BCUT2D eigenvalue weighted by molar-refractivity contribution is 5.62. The van der Waals surface area contributed by atoms with E-state index in [-0.39, 0.29) is 0 Å². The summed E-state index contributed by atoms with van der Waals surface area (Å²) in [4.78, 5) is 0. The largest absolute Gasteiger partial charge is 0.208 e. The molecule has 4 nitrogen and oxygen atoms in total. The molecule has 1 aromatic heterocycles. The Balaban J connectivity index is 2.10. The monoisotopic (exact) mass is 218 g/mol. The molecule has 2 rings (SSSR count). The number of rotatable bonds is 2. The lowest BCUT2D eigenvalue weighted by Crippen LogP contribution is -2.24. The van der Waals surface area contributed by atoms with E-state index in [0.29, 0.717) is 17.8 Å². The lowest BCUT2D eigenvalue weighted by atomic mass is 9.76. The summed E-state index contributed by atoms with van der Waals surface area (Å²) in [6.07, 6.45) is 8.76. The molecule has 1 heterocycles. The van der Waals surface area contributed by atoms with Crippen LogP contribution < -0.4 is 0 Å². The van der Waals surface area contributed by atoms with Crippen LogP contribution in [0.3, 0.4) is 0 Å². The van der Waals surface area contributed by atoms with Crippen molar-refractivity contribution in [2.24, 2.45) is 22.9 Å². The van der Waals surface area contributed by atoms with Crippen LogP contribution in [-0.2, 0) is 0 Å². The fourth-order valence-electron chi connectivity index (χ4n) is 2.48. The molecule has 3 atom stereocenters. The van der Waals surface area contributed by atoms with Gasteiger partial charge in [0.05, 0.1) is 0 Å². The Kier molecular flexibility index (Phi) is 3.17. The fraction of sp³-hybridized carbons (Fsp3) is 0.583. The van der Waals surface area contributed by atoms with Crippen LogP contribution in [0.4, 0.5) is 0 Å². The van der Waals surface area contributed by atoms with Gasteiger partial charge in [0.15, 0.2) is 0 Å². The molecule has 4 heteroatoms. The van der Waals surface area contributed by atoms with Gasteiger partial charge < -0.3 is 0 Å². The zero-order valence-electron chi connectivity index (χ0n) is 10.0. The van der Waals surface area contributed by atoms with E-state index in [4.69, 9.17) is 0 Å². The highest BCUT2D eigenvalue weighted by Gasteiger charge is 2.25. The topological polar surface area (TPSA) is 43.1 Å². The summed E-state index contributed by atoms with van der Waals surface area (Å²) in [6, 6.07) is 0. The minimum Gasteiger partial charge on any atom is -0.208 e. The fourth-order valence-corrected chi connectivity index (χ4v) is 2.48. The predicted molar refractivity (Wildman–Crippen MR) is 64.1 cm³/mol. The number of aromatic nitrogens is 3. The molecule has 0 N–H and O–H groups in total. The molecule has 1 aromatic rings. The summed E-state index contributed by atoms with van der Waals surface area (Å²) in [7, 11) is 0. The Labute approximate surface area is 96.1 Å². The van der Waals surface area contributed by atoms with Crippen LogP contribution in [0.2, 0.25) is 0 Å². The molecular formula is C12H18N4. The number of allylic oxidation sites excluding steroid dienone is 2. The van der Waals surface area contributed by atoms with E-state index >= 15 is 0 Å². The number of nitrogens with zero attached hydrogens (tertiary/aromatic N) is 4. The molecule has 16 heavy (non-hydrogen) atoms. The molecule has 86 valence electrons. The maximum Gasteiger partial charge on any atom is 0.141 e. The van der Waals surface area contributed by atoms with Gasteiger partial charge in [-0.3, -0.25) is 0 Å². The quantitative estimate of drug-likeness (QED) is 0.565. The third-order valence-electron chi connectivity index (χ3n) is 3.23. The molecule has 0 amide bonds. The molecule has 0 unspecified atom stereocenters. The lowest BCUT2D eigenvalue weighted by Gasteiger charge is -2.29. The SMILES string of the molecule is CC1=C[C@@H](C)[C@H](C=Nn2cnnc2)[C@H](C)C1. The van der Waals surface area contributed by atoms with Gasteiger partial charge in [0.2, 0.25) is 0 Å².